The minimum Gasteiger partial charge on any atom is -0.378 e. The van der Waals surface area contributed by atoms with Gasteiger partial charge in [-0.1, -0.05) is 13.8 Å². The molecule has 0 aliphatic heterocycles. The fourth-order valence-corrected chi connectivity index (χ4v) is 3.00. The largest absolute Gasteiger partial charge is 0.378 e. The molecule has 5 nitrogen and oxygen atoms in total. The number of hydrogen-bond donors (Lipinski definition) is 2. The number of aromatic amines is 2. The lowest BCUT2D eigenvalue weighted by molar-refractivity contribution is 0.182. The number of nitrogens with one attached hydrogen (secondary N) is 2. The minimum absolute atomic E-state index is 0.451. The summed E-state index contributed by atoms with van der Waals surface area (Å²) in [6.07, 6.45) is 0.965. The first-order valence-electron chi connectivity index (χ1n) is 5.72. The minimum atomic E-state index is 0.451. The molecular weight excluding hydrogens is 268 g/mol. The number of H-pyrrole nitrogens is 2. The van der Waals surface area contributed by atoms with Gasteiger partial charge in [0.1, 0.15) is 0 Å². The Morgan fingerprint density at radius 1 is 1.33 bits per heavy atom. The van der Waals surface area contributed by atoms with Crippen LogP contribution in [0.15, 0.2) is 0 Å². The predicted molar refractivity (Wildman–Crippen MR) is 74.1 cm³/mol. The monoisotopic (exact) mass is 284 g/mol. The molecule has 0 amide bonds. The van der Waals surface area contributed by atoms with Gasteiger partial charge in [-0.15, -0.1) is 11.3 Å². The second-order valence-corrected chi connectivity index (χ2v) is 5.90. The zero-order valence-electron chi connectivity index (χ0n) is 10.6. The third-order valence-electron chi connectivity index (χ3n) is 2.32. The molecule has 0 unspecified atom stereocenters. The Bertz CT molecular complexity index is 570. The molecule has 0 saturated heterocycles. The molecular formula is C11H16N4OS2. The lowest BCUT2D eigenvalue weighted by atomic mass is 10.1. The van der Waals surface area contributed by atoms with Gasteiger partial charge in [-0.3, -0.25) is 10.2 Å². The lowest BCUT2D eigenvalue weighted by Gasteiger charge is -1.98. The van der Waals surface area contributed by atoms with Crippen molar-refractivity contribution in [3.63, 3.8) is 0 Å². The Balaban J connectivity index is 2.37. The Hall–Kier alpha value is -1.05. The highest BCUT2D eigenvalue weighted by atomic mass is 32.1. The maximum Gasteiger partial charge on any atom is 0.213 e. The van der Waals surface area contributed by atoms with Crippen LogP contribution < -0.4 is 0 Å². The smallest absolute Gasteiger partial charge is 0.213 e. The van der Waals surface area contributed by atoms with Gasteiger partial charge in [-0.2, -0.15) is 4.98 Å². The standard InChI is InChI=1S/C11H16N4OS2/c1-6(2)4-8-12-7(5-16-3)9(18-8)10-13-11(17)15-14-10/h6H,4-5H2,1-3H3,(H2,13,14,15,17). The second-order valence-electron chi connectivity index (χ2n) is 4.43. The van der Waals surface area contributed by atoms with Crippen LogP contribution in [0, 0.1) is 10.7 Å². The third-order valence-corrected chi connectivity index (χ3v) is 3.64. The van der Waals surface area contributed by atoms with E-state index in [1.807, 2.05) is 0 Å². The molecule has 0 aliphatic rings. The van der Waals surface area contributed by atoms with E-state index >= 15 is 0 Å². The van der Waals surface area contributed by atoms with E-state index in [0.717, 1.165) is 27.8 Å². The summed E-state index contributed by atoms with van der Waals surface area (Å²) in [6, 6.07) is 0. The highest BCUT2D eigenvalue weighted by Gasteiger charge is 2.15. The van der Waals surface area contributed by atoms with E-state index in [1.165, 1.54) is 0 Å². The Labute approximate surface area is 115 Å². The van der Waals surface area contributed by atoms with Gasteiger partial charge < -0.3 is 4.74 Å². The van der Waals surface area contributed by atoms with E-state index in [9.17, 15) is 0 Å². The second kappa shape index (κ2) is 5.73. The van der Waals surface area contributed by atoms with Gasteiger partial charge in [0, 0.05) is 13.5 Å². The van der Waals surface area contributed by atoms with Crippen LogP contribution in [0.3, 0.4) is 0 Å². The highest BCUT2D eigenvalue weighted by Crippen LogP contribution is 2.29. The molecule has 7 heteroatoms. The molecule has 0 radical (unpaired) electrons. The van der Waals surface area contributed by atoms with Crippen molar-refractivity contribution in [2.45, 2.75) is 26.9 Å². The summed E-state index contributed by atoms with van der Waals surface area (Å²) in [5, 5.41) is 6.87. The summed E-state index contributed by atoms with van der Waals surface area (Å²) in [6.45, 7) is 4.84. The first-order chi connectivity index (χ1) is 8.60. The van der Waals surface area contributed by atoms with Crippen LogP contribution in [0.5, 0.6) is 0 Å². The highest BCUT2D eigenvalue weighted by molar-refractivity contribution is 7.71. The molecule has 0 saturated carbocycles. The maximum atomic E-state index is 5.18. The van der Waals surface area contributed by atoms with Crippen molar-refractivity contribution in [3.8, 4) is 10.7 Å². The molecule has 18 heavy (non-hydrogen) atoms. The van der Waals surface area contributed by atoms with Crippen molar-refractivity contribution in [1.82, 2.24) is 20.2 Å². The van der Waals surface area contributed by atoms with Crippen molar-refractivity contribution in [2.75, 3.05) is 7.11 Å². The Morgan fingerprint density at radius 3 is 2.67 bits per heavy atom. The normalized spacial score (nSPS) is 11.3. The van der Waals surface area contributed by atoms with Crippen LogP contribution >= 0.6 is 23.6 Å². The Morgan fingerprint density at radius 2 is 2.11 bits per heavy atom. The van der Waals surface area contributed by atoms with E-state index in [-0.39, 0.29) is 0 Å². The van der Waals surface area contributed by atoms with Crippen molar-refractivity contribution in [3.05, 3.63) is 15.5 Å². The number of thiazole rings is 1. The first kappa shape index (κ1) is 13.4. The molecule has 0 aliphatic carbocycles. The number of aromatic nitrogens is 4. The Kier molecular flexibility index (Phi) is 4.26. The van der Waals surface area contributed by atoms with Crippen LogP contribution in [0.2, 0.25) is 0 Å². The quantitative estimate of drug-likeness (QED) is 0.828. The number of rotatable bonds is 5. The third kappa shape index (κ3) is 3.04. The molecule has 2 heterocycles. The van der Waals surface area contributed by atoms with Gasteiger partial charge in [0.2, 0.25) is 4.77 Å². The summed E-state index contributed by atoms with van der Waals surface area (Å²) in [4.78, 5) is 9.85. The van der Waals surface area contributed by atoms with Gasteiger partial charge >= 0.3 is 0 Å². The number of ether oxygens (including phenoxy) is 1. The van der Waals surface area contributed by atoms with Crippen molar-refractivity contribution in [1.29, 1.82) is 0 Å². The summed E-state index contributed by atoms with van der Waals surface area (Å²) in [5.41, 5.74) is 0.913. The van der Waals surface area contributed by atoms with Crippen LogP contribution in [-0.2, 0) is 17.8 Å². The predicted octanol–water partition coefficient (Wildman–Crippen LogP) is 2.94. The van der Waals surface area contributed by atoms with E-state index in [1.54, 1.807) is 18.4 Å². The average Bonchev–Trinajstić information content (AvgIpc) is 2.85. The van der Waals surface area contributed by atoms with E-state index in [0.29, 0.717) is 17.3 Å². The van der Waals surface area contributed by atoms with E-state index in [2.05, 4.69) is 34.0 Å². The zero-order chi connectivity index (χ0) is 13.1. The average molecular weight is 284 g/mol. The fraction of sp³-hybridized carbons (Fsp3) is 0.545. The number of methoxy groups -OCH3 is 1. The van der Waals surface area contributed by atoms with Crippen LogP contribution in [0.25, 0.3) is 10.7 Å². The molecule has 2 aromatic heterocycles. The molecule has 2 aromatic rings. The van der Waals surface area contributed by atoms with Crippen molar-refractivity contribution < 1.29 is 4.74 Å². The molecule has 0 bridgehead atoms. The summed E-state index contributed by atoms with van der Waals surface area (Å²) >= 11 is 6.62. The topological polar surface area (TPSA) is 66.6 Å². The molecule has 2 rings (SSSR count). The van der Waals surface area contributed by atoms with E-state index in [4.69, 9.17) is 17.0 Å². The molecule has 0 spiro atoms. The number of hydrogen-bond acceptors (Lipinski definition) is 5. The van der Waals surface area contributed by atoms with Gasteiger partial charge in [-0.05, 0) is 18.1 Å². The SMILES string of the molecule is COCc1nc(CC(C)C)sc1-c1nc(=S)[nH][nH]1. The molecule has 98 valence electrons. The first-order valence-corrected chi connectivity index (χ1v) is 6.95. The van der Waals surface area contributed by atoms with Gasteiger partial charge in [0.05, 0.1) is 22.2 Å². The van der Waals surface area contributed by atoms with Gasteiger partial charge in [-0.25, -0.2) is 4.98 Å². The lowest BCUT2D eigenvalue weighted by Crippen LogP contribution is -1.95. The summed E-state index contributed by atoms with van der Waals surface area (Å²) in [7, 11) is 1.66. The van der Waals surface area contributed by atoms with Crippen LogP contribution in [0.1, 0.15) is 24.5 Å². The number of nitrogens with zero attached hydrogens (tertiary/aromatic N) is 2. The van der Waals surface area contributed by atoms with E-state index < -0.39 is 0 Å². The molecule has 0 fully saturated rings. The summed E-state index contributed by atoms with van der Waals surface area (Å²) in [5.74, 6) is 1.32. The fourth-order valence-electron chi connectivity index (χ4n) is 1.63. The van der Waals surface area contributed by atoms with Crippen LogP contribution in [-0.4, -0.2) is 27.3 Å². The zero-order valence-corrected chi connectivity index (χ0v) is 12.2. The molecule has 0 atom stereocenters. The van der Waals surface area contributed by atoms with Gasteiger partial charge in [0.25, 0.3) is 0 Å². The van der Waals surface area contributed by atoms with Gasteiger partial charge in [0.15, 0.2) is 5.82 Å². The molecule has 2 N–H and O–H groups in total. The maximum absolute atomic E-state index is 5.18. The summed E-state index contributed by atoms with van der Waals surface area (Å²) < 4.78 is 5.63. The van der Waals surface area contributed by atoms with Crippen LogP contribution in [0.4, 0.5) is 0 Å². The van der Waals surface area contributed by atoms with Crippen molar-refractivity contribution >= 4 is 23.6 Å². The molecule has 0 aromatic carbocycles. The van der Waals surface area contributed by atoms with Crippen molar-refractivity contribution in [2.24, 2.45) is 5.92 Å².